The third kappa shape index (κ3) is 4.60. The number of H-pyrrole nitrogens is 3. The summed E-state index contributed by atoms with van der Waals surface area (Å²) in [6, 6.07) is 2.07. The van der Waals surface area contributed by atoms with Crippen molar-refractivity contribution < 1.29 is 0 Å². The fourth-order valence-corrected chi connectivity index (χ4v) is 4.80. The molecule has 0 saturated carbocycles. The zero-order valence-corrected chi connectivity index (χ0v) is 25.5. The lowest BCUT2D eigenvalue weighted by atomic mass is 10.3. The minimum absolute atomic E-state index is 0.0161. The Balaban J connectivity index is 1.35. The van der Waals surface area contributed by atoms with Crippen molar-refractivity contribution in [3.8, 4) is 18.0 Å². The quantitative estimate of drug-likeness (QED) is 0.178. The first-order valence-electron chi connectivity index (χ1n) is 13.7. The summed E-state index contributed by atoms with van der Waals surface area (Å²) in [5.41, 5.74) is 2.83. The van der Waals surface area contributed by atoms with Crippen LogP contribution in [0.1, 0.15) is 40.0 Å². The van der Waals surface area contributed by atoms with Crippen molar-refractivity contribution in [2.75, 3.05) is 0 Å². The lowest BCUT2D eigenvalue weighted by molar-refractivity contribution is 0.723. The molecule has 7 aromatic rings. The molecule has 0 aliphatic heterocycles. The Kier molecular flexibility index (Phi) is 6.34. The molecule has 0 aliphatic carbocycles. The van der Waals surface area contributed by atoms with Crippen LogP contribution in [0.25, 0.3) is 28.0 Å². The van der Waals surface area contributed by atoms with Crippen molar-refractivity contribution in [3.63, 3.8) is 0 Å². The summed E-state index contributed by atoms with van der Waals surface area (Å²) >= 11 is 0. The van der Waals surface area contributed by atoms with Gasteiger partial charge in [0.15, 0.2) is 23.0 Å². The van der Waals surface area contributed by atoms with Gasteiger partial charge in [0, 0.05) is 0 Å². The molecule has 47 heavy (non-hydrogen) atoms. The number of nitrogens with zero attached hydrogens (tertiary/aromatic N) is 18. The molecule has 0 aliphatic rings. The Morgan fingerprint density at radius 3 is 1.89 bits per heavy atom. The third-order valence-corrected chi connectivity index (χ3v) is 6.88. The third-order valence-electron chi connectivity index (χ3n) is 6.88. The van der Waals surface area contributed by atoms with Crippen LogP contribution in [-0.4, -0.2) is 74.1 Å². The van der Waals surface area contributed by atoms with E-state index in [1.54, 1.807) is 41.5 Å². The molecule has 22 nitrogen and oxygen atoms in total. The Morgan fingerprint density at radius 2 is 1.32 bits per heavy atom. The zero-order chi connectivity index (χ0) is 33.1. The summed E-state index contributed by atoms with van der Waals surface area (Å²) in [6.07, 6.45) is 0. The Bertz CT molecular complexity index is 2420. The van der Waals surface area contributed by atoms with Crippen molar-refractivity contribution >= 4 is 40.0 Å². The second-order valence-corrected chi connectivity index (χ2v) is 10.2. The van der Waals surface area contributed by atoms with Gasteiger partial charge in [-0.15, -0.1) is 30.7 Å². The van der Waals surface area contributed by atoms with Crippen molar-refractivity contribution in [2.24, 2.45) is 20.5 Å². The first kappa shape index (κ1) is 28.5. The lowest BCUT2D eigenvalue weighted by Crippen LogP contribution is -2.21. The average molecular weight is 632 g/mol. The molecule has 232 valence electrons. The summed E-state index contributed by atoms with van der Waals surface area (Å²) in [5.74, 6) is 0.592. The molecular weight excluding hydrogens is 610 g/mol. The minimum atomic E-state index is -0.829. The van der Waals surface area contributed by atoms with E-state index in [1.807, 2.05) is 0 Å². The first-order valence-corrected chi connectivity index (χ1v) is 13.7. The largest absolute Gasteiger partial charge is 0.351 e. The minimum Gasteiger partial charge on any atom is -0.278 e. The van der Waals surface area contributed by atoms with Gasteiger partial charge in [-0.2, -0.15) is 44.1 Å². The van der Waals surface area contributed by atoms with Gasteiger partial charge in [-0.25, -0.2) is 19.6 Å². The predicted octanol–water partition coefficient (Wildman–Crippen LogP) is 3.38. The van der Waals surface area contributed by atoms with Gasteiger partial charge in [-0.05, 0) is 41.5 Å². The number of aryl methyl sites for hydroxylation is 6. The van der Waals surface area contributed by atoms with E-state index in [1.165, 1.54) is 9.26 Å². The van der Waals surface area contributed by atoms with Crippen molar-refractivity contribution in [1.82, 2.24) is 74.1 Å². The molecule has 7 rings (SSSR count). The van der Waals surface area contributed by atoms with Crippen LogP contribution in [0.2, 0.25) is 0 Å². The van der Waals surface area contributed by atoms with Crippen molar-refractivity contribution in [3.05, 3.63) is 61.9 Å². The van der Waals surface area contributed by atoms with E-state index in [2.05, 4.69) is 86.9 Å². The van der Waals surface area contributed by atoms with Crippen LogP contribution in [0, 0.1) is 59.4 Å². The van der Waals surface area contributed by atoms with Gasteiger partial charge in [-0.3, -0.25) is 15.2 Å². The van der Waals surface area contributed by atoms with Crippen LogP contribution in [0.15, 0.2) is 25.3 Å². The topological polar surface area (TPSA) is 264 Å². The maximum atomic E-state index is 12.9. The number of rotatable bonds is 6. The smallest absolute Gasteiger partial charge is 0.278 e. The zero-order valence-electron chi connectivity index (χ0n) is 25.5. The number of hydrogen-bond acceptors (Lipinski definition) is 14. The van der Waals surface area contributed by atoms with Gasteiger partial charge in [0.2, 0.25) is 17.2 Å². The summed E-state index contributed by atoms with van der Waals surface area (Å²) in [5, 5.41) is 50.5. The molecular formula is C25H21N21O. The number of hydrogen-bond donors (Lipinski definition) is 3. The van der Waals surface area contributed by atoms with Crippen LogP contribution < -0.4 is 5.69 Å². The molecule has 7 aromatic heterocycles. The van der Waals surface area contributed by atoms with E-state index in [-0.39, 0.29) is 40.5 Å². The van der Waals surface area contributed by atoms with Crippen LogP contribution >= 0.6 is 0 Å². The maximum absolute atomic E-state index is 12.9. The highest BCUT2D eigenvalue weighted by atomic mass is 16.1. The van der Waals surface area contributed by atoms with Gasteiger partial charge in [-0.1, -0.05) is 0 Å². The standard InChI is InChI=1S/C25H21N21O/c1-9-15(8-26)19(35-33-17-11(3)39-45-20(17)28-13(5)41-45)43(37-9)23-30-24(32-25(47)31-23)44-22(16(27-7)10(2)38-44)36-34-18-12(4)40-46-21(18)29-14(6)42-46/h39-40H,1-6H3,(H,30,31,32,47). The van der Waals surface area contributed by atoms with E-state index in [9.17, 15) is 10.1 Å². The average Bonchev–Trinajstić information content (AvgIpc) is 3.83. The molecule has 0 atom stereocenters. The number of fused-ring (bicyclic) bond motifs is 2. The van der Waals surface area contributed by atoms with E-state index >= 15 is 0 Å². The van der Waals surface area contributed by atoms with Crippen LogP contribution in [-0.2, 0) is 0 Å². The maximum Gasteiger partial charge on any atom is 0.351 e. The van der Waals surface area contributed by atoms with Gasteiger partial charge in [0.25, 0.3) is 11.6 Å². The Morgan fingerprint density at radius 1 is 0.745 bits per heavy atom. The summed E-state index contributed by atoms with van der Waals surface area (Å²) < 4.78 is 5.20. The highest BCUT2D eigenvalue weighted by Crippen LogP contribution is 2.36. The lowest BCUT2D eigenvalue weighted by Gasteiger charge is -2.06. The number of nitrogens with one attached hydrogen (secondary N) is 3. The highest BCUT2D eigenvalue weighted by molar-refractivity contribution is 5.69. The first-order chi connectivity index (χ1) is 22.6. The number of nitriles is 1. The second kappa shape index (κ2) is 10.4. The van der Waals surface area contributed by atoms with Gasteiger partial charge < -0.3 is 0 Å². The summed E-state index contributed by atoms with van der Waals surface area (Å²) in [6.45, 7) is 18.0. The van der Waals surface area contributed by atoms with E-state index in [0.29, 0.717) is 51.4 Å². The predicted molar refractivity (Wildman–Crippen MR) is 159 cm³/mol. The van der Waals surface area contributed by atoms with Crippen molar-refractivity contribution in [2.45, 2.75) is 41.5 Å². The van der Waals surface area contributed by atoms with E-state index in [0.717, 1.165) is 9.36 Å². The Labute approximate surface area is 261 Å². The summed E-state index contributed by atoms with van der Waals surface area (Å²) in [7, 11) is 0. The molecule has 0 fully saturated rings. The molecule has 7 heterocycles. The molecule has 0 bridgehead atoms. The highest BCUT2D eigenvalue weighted by Gasteiger charge is 2.24. The van der Waals surface area contributed by atoms with Crippen LogP contribution in [0.4, 0.5) is 28.7 Å². The SMILES string of the molecule is [C-]#[N+]c1c(C)nn(-c2nc(-n3nc(C)c(C#N)c3N=Nc3c(C)[nH]n4nc(C)nc34)nc(=O)[nH]2)c1N=Nc1c(C)[nH]n2nc(C)nc12. The molecule has 0 amide bonds. The van der Waals surface area contributed by atoms with Gasteiger partial charge in [0.1, 0.15) is 23.3 Å². The van der Waals surface area contributed by atoms with Crippen LogP contribution in [0.3, 0.4) is 0 Å². The van der Waals surface area contributed by atoms with E-state index < -0.39 is 5.69 Å². The molecule has 22 heteroatoms. The Hall–Kier alpha value is -7.23. The molecule has 0 radical (unpaired) electrons. The number of aromatic amines is 3. The van der Waals surface area contributed by atoms with E-state index in [4.69, 9.17) is 6.57 Å². The molecule has 3 N–H and O–H groups in total. The van der Waals surface area contributed by atoms with Crippen molar-refractivity contribution in [1.29, 1.82) is 5.26 Å². The fourth-order valence-electron chi connectivity index (χ4n) is 4.80. The molecule has 0 unspecified atom stereocenters. The fraction of sp³-hybridized carbons (Fsp3) is 0.240. The molecule has 0 aromatic carbocycles. The monoisotopic (exact) mass is 631 g/mol. The van der Waals surface area contributed by atoms with Gasteiger partial charge in [0.05, 0.1) is 29.3 Å². The number of azo groups is 2. The van der Waals surface area contributed by atoms with Crippen LogP contribution in [0.5, 0.6) is 0 Å². The van der Waals surface area contributed by atoms with Gasteiger partial charge >= 0.3 is 5.69 Å². The normalized spacial score (nSPS) is 11.9. The molecule has 0 saturated heterocycles. The summed E-state index contributed by atoms with van der Waals surface area (Å²) in [4.78, 5) is 36.1. The second-order valence-electron chi connectivity index (χ2n) is 10.2. The molecule has 0 spiro atoms. The number of aromatic nitrogens is 15.